The topological polar surface area (TPSA) is 114 Å². The summed E-state index contributed by atoms with van der Waals surface area (Å²) in [6.45, 7) is 15.9. The van der Waals surface area contributed by atoms with Crippen LogP contribution in [0.2, 0.25) is 16.6 Å². The van der Waals surface area contributed by atoms with Crippen molar-refractivity contribution >= 4 is 25.8 Å². The molecular weight excluding hydrogens is 514 g/mol. The van der Waals surface area contributed by atoms with Gasteiger partial charge in [0.05, 0.1) is 0 Å². The largest absolute Gasteiger partial charge is 0.467 e. The average molecular weight is 556 g/mol. The second-order valence-electron chi connectivity index (χ2n) is 11.7. The van der Waals surface area contributed by atoms with Crippen LogP contribution in [0.3, 0.4) is 0 Å². The van der Waals surface area contributed by atoms with Gasteiger partial charge in [-0.05, 0) is 30.0 Å². The number of epoxide rings is 1. The molecule has 0 aliphatic carbocycles. The molecule has 39 heavy (non-hydrogen) atoms. The number of carbonyl (C=O) groups excluding carboxylic acids is 3. The molecule has 4 rings (SSSR count). The number of carbonyl (C=O) groups is 3. The standard InChI is InChI=1S/C30H41NO7Si/c1-9-10-16-22-24(36-22)23-20(8)25(32)29(37-23)27(38-39(17(2)3,18(4)5)19(6)7)30(35,31-28(29)34)26(33)21-14-12-11-13-15-21/h10-19,22,24,27,35H,9H2,1-8H3,(H,31,34)/b16-10-/t22-,24+,27-,29-,30-/m1/s1. The van der Waals surface area contributed by atoms with Gasteiger partial charge >= 0.3 is 0 Å². The highest BCUT2D eigenvalue weighted by Crippen LogP contribution is 2.52. The highest BCUT2D eigenvalue weighted by molar-refractivity contribution is 6.77. The van der Waals surface area contributed by atoms with Crippen LogP contribution in [0.1, 0.15) is 72.2 Å². The normalized spacial score (nSPS) is 30.8. The molecule has 0 saturated carbocycles. The van der Waals surface area contributed by atoms with Crippen LogP contribution in [0.25, 0.3) is 0 Å². The molecule has 0 radical (unpaired) electrons. The van der Waals surface area contributed by atoms with E-state index in [4.69, 9.17) is 13.9 Å². The number of hydrogen-bond acceptors (Lipinski definition) is 7. The number of amides is 1. The van der Waals surface area contributed by atoms with Crippen molar-refractivity contribution in [2.45, 2.75) is 108 Å². The van der Waals surface area contributed by atoms with Gasteiger partial charge in [0.15, 0.2) is 6.10 Å². The van der Waals surface area contributed by atoms with Crippen molar-refractivity contribution in [2.75, 3.05) is 0 Å². The van der Waals surface area contributed by atoms with E-state index >= 15 is 0 Å². The number of aliphatic hydroxyl groups is 1. The molecule has 1 aromatic rings. The van der Waals surface area contributed by atoms with E-state index in [1.165, 1.54) is 0 Å². The second-order valence-corrected chi connectivity index (χ2v) is 17.2. The van der Waals surface area contributed by atoms with Crippen molar-refractivity contribution in [3.05, 3.63) is 59.4 Å². The lowest BCUT2D eigenvalue weighted by atomic mass is 9.85. The lowest BCUT2D eigenvalue weighted by Gasteiger charge is -2.47. The van der Waals surface area contributed by atoms with Crippen LogP contribution in [0.4, 0.5) is 0 Å². The van der Waals surface area contributed by atoms with Crippen LogP contribution in [0.5, 0.6) is 0 Å². The number of Topliss-reactive ketones (excluding diaryl/α,β-unsaturated/α-hetero) is 2. The van der Waals surface area contributed by atoms with Crippen molar-refractivity contribution in [3.8, 4) is 0 Å². The Morgan fingerprint density at radius 2 is 1.69 bits per heavy atom. The number of allylic oxidation sites excluding steroid dienone is 1. The molecule has 1 amide bonds. The molecule has 0 bridgehead atoms. The first-order chi connectivity index (χ1) is 18.3. The smallest absolute Gasteiger partial charge is 0.278 e. The van der Waals surface area contributed by atoms with Crippen molar-refractivity contribution in [1.82, 2.24) is 5.32 Å². The maximum atomic E-state index is 14.1. The molecule has 2 N–H and O–H groups in total. The first-order valence-corrected chi connectivity index (χ1v) is 16.0. The van der Waals surface area contributed by atoms with Crippen LogP contribution in [0, 0.1) is 0 Å². The van der Waals surface area contributed by atoms with Gasteiger partial charge in [0.25, 0.3) is 11.5 Å². The number of benzene rings is 1. The summed E-state index contributed by atoms with van der Waals surface area (Å²) in [6, 6.07) is 8.20. The van der Waals surface area contributed by atoms with Gasteiger partial charge in [-0.25, -0.2) is 0 Å². The summed E-state index contributed by atoms with van der Waals surface area (Å²) in [4.78, 5) is 41.8. The minimum Gasteiger partial charge on any atom is -0.467 e. The Morgan fingerprint density at radius 1 is 1.10 bits per heavy atom. The molecule has 212 valence electrons. The summed E-state index contributed by atoms with van der Waals surface area (Å²) >= 11 is 0. The van der Waals surface area contributed by atoms with Crippen LogP contribution < -0.4 is 5.32 Å². The molecular formula is C30H41NO7Si. The zero-order chi connectivity index (χ0) is 28.9. The summed E-state index contributed by atoms with van der Waals surface area (Å²) in [6.07, 6.45) is 2.29. The van der Waals surface area contributed by atoms with Crippen LogP contribution >= 0.6 is 0 Å². The van der Waals surface area contributed by atoms with Gasteiger partial charge in [0, 0.05) is 11.1 Å². The van der Waals surface area contributed by atoms with Crippen LogP contribution in [-0.4, -0.2) is 60.5 Å². The summed E-state index contributed by atoms with van der Waals surface area (Å²) < 4.78 is 19.0. The highest BCUT2D eigenvalue weighted by Gasteiger charge is 2.76. The molecule has 3 aliphatic rings. The lowest BCUT2D eigenvalue weighted by Crippen LogP contribution is -2.65. The monoisotopic (exact) mass is 555 g/mol. The van der Waals surface area contributed by atoms with Gasteiger partial charge in [-0.3, -0.25) is 14.4 Å². The lowest BCUT2D eigenvalue weighted by molar-refractivity contribution is -0.157. The fourth-order valence-electron chi connectivity index (χ4n) is 6.54. The highest BCUT2D eigenvalue weighted by atomic mass is 28.4. The summed E-state index contributed by atoms with van der Waals surface area (Å²) in [5.41, 5.74) is -4.22. The van der Waals surface area contributed by atoms with Gasteiger partial charge in [-0.15, -0.1) is 0 Å². The molecule has 2 fully saturated rings. The fourth-order valence-corrected chi connectivity index (χ4v) is 12.1. The molecule has 3 aliphatic heterocycles. The van der Waals surface area contributed by atoms with E-state index in [0.29, 0.717) is 0 Å². The van der Waals surface area contributed by atoms with Gasteiger partial charge in [0.2, 0.25) is 25.6 Å². The van der Waals surface area contributed by atoms with Gasteiger partial charge in [0.1, 0.15) is 18.0 Å². The Kier molecular flexibility index (Phi) is 7.86. The zero-order valence-corrected chi connectivity index (χ0v) is 25.1. The van der Waals surface area contributed by atoms with Crippen molar-refractivity contribution in [3.63, 3.8) is 0 Å². The first kappa shape index (κ1) is 29.4. The Labute approximate surface area is 231 Å². The quantitative estimate of drug-likeness (QED) is 0.143. The van der Waals surface area contributed by atoms with E-state index in [1.54, 1.807) is 37.3 Å². The molecule has 1 spiro atoms. The fraction of sp³-hybridized carbons (Fsp3) is 0.567. The number of hydrogen-bond donors (Lipinski definition) is 2. The van der Waals surface area contributed by atoms with Crippen molar-refractivity contribution in [1.29, 1.82) is 0 Å². The SMILES string of the molecule is CC/C=C\[C@H]1O[C@@H]1C1=C(C)C(=O)[C@]2(O1)C(=O)N[C@@](O)(C(=O)c1ccccc1)[C@@H]2O[Si](C(C)C)(C(C)C)C(C)C. The molecule has 3 heterocycles. The number of nitrogens with one attached hydrogen (secondary N) is 1. The molecule has 8 nitrogen and oxygen atoms in total. The third kappa shape index (κ3) is 4.43. The molecule has 9 heteroatoms. The van der Waals surface area contributed by atoms with Crippen LogP contribution in [0.15, 0.2) is 53.8 Å². The third-order valence-corrected chi connectivity index (χ3v) is 14.5. The Bertz CT molecular complexity index is 1190. The third-order valence-electron chi connectivity index (χ3n) is 8.47. The zero-order valence-electron chi connectivity index (χ0n) is 24.1. The summed E-state index contributed by atoms with van der Waals surface area (Å²) in [5, 5.41) is 14.6. The van der Waals surface area contributed by atoms with E-state index in [-0.39, 0.29) is 39.6 Å². The summed E-state index contributed by atoms with van der Waals surface area (Å²) in [7, 11) is -2.87. The molecule has 1 aromatic carbocycles. The molecule has 0 aromatic heterocycles. The van der Waals surface area contributed by atoms with E-state index in [2.05, 4.69) is 46.9 Å². The average Bonchev–Trinajstić information content (AvgIpc) is 3.56. The molecule has 2 saturated heterocycles. The molecule has 0 unspecified atom stereocenters. The Morgan fingerprint density at radius 3 is 2.23 bits per heavy atom. The van der Waals surface area contributed by atoms with E-state index in [1.807, 2.05) is 19.1 Å². The minimum atomic E-state index is -2.87. The van der Waals surface area contributed by atoms with Crippen LogP contribution in [-0.2, 0) is 23.5 Å². The Balaban J connectivity index is 1.85. The number of ether oxygens (including phenoxy) is 2. The Hall–Kier alpha value is -2.59. The predicted octanol–water partition coefficient (Wildman–Crippen LogP) is 4.59. The van der Waals surface area contributed by atoms with E-state index in [0.717, 1.165) is 6.42 Å². The number of rotatable bonds is 10. The minimum absolute atomic E-state index is 0.0432. The van der Waals surface area contributed by atoms with E-state index in [9.17, 15) is 19.5 Å². The predicted molar refractivity (Wildman–Crippen MR) is 149 cm³/mol. The molecule has 5 atom stereocenters. The number of ketones is 2. The van der Waals surface area contributed by atoms with Crippen molar-refractivity contribution < 1.29 is 33.4 Å². The van der Waals surface area contributed by atoms with Gasteiger partial charge < -0.3 is 24.3 Å². The van der Waals surface area contributed by atoms with E-state index < -0.39 is 49.3 Å². The van der Waals surface area contributed by atoms with Gasteiger partial charge in [-0.2, -0.15) is 0 Å². The summed E-state index contributed by atoms with van der Waals surface area (Å²) in [5.74, 6) is -2.02. The van der Waals surface area contributed by atoms with Crippen molar-refractivity contribution in [2.24, 2.45) is 0 Å². The second kappa shape index (κ2) is 10.4. The maximum absolute atomic E-state index is 14.1. The first-order valence-electron chi connectivity index (χ1n) is 13.9. The maximum Gasteiger partial charge on any atom is 0.278 e. The van der Waals surface area contributed by atoms with Gasteiger partial charge in [-0.1, -0.05) is 91.0 Å².